The van der Waals surface area contributed by atoms with Gasteiger partial charge in [0.05, 0.1) is 6.61 Å². The lowest BCUT2D eigenvalue weighted by atomic mass is 9.77. The Balaban J connectivity index is 2.22. The van der Waals surface area contributed by atoms with Crippen LogP contribution in [0.3, 0.4) is 0 Å². The molecule has 8 heteroatoms. The first-order chi connectivity index (χ1) is 12.9. The van der Waals surface area contributed by atoms with E-state index in [0.717, 1.165) is 31.2 Å². The van der Waals surface area contributed by atoms with Crippen LogP contribution in [0.15, 0.2) is 36.4 Å². The molecule has 1 aliphatic rings. The van der Waals surface area contributed by atoms with E-state index in [0.29, 0.717) is 6.07 Å². The molecule has 1 aliphatic heterocycles. The number of hydrogen-bond acceptors (Lipinski definition) is 2. The summed E-state index contributed by atoms with van der Waals surface area (Å²) in [4.78, 5) is -0.00523. The van der Waals surface area contributed by atoms with Crippen LogP contribution < -0.4 is 5.32 Å². The van der Waals surface area contributed by atoms with Gasteiger partial charge in [0.15, 0.2) is 0 Å². The summed E-state index contributed by atoms with van der Waals surface area (Å²) in [5.74, 6) is -6.16. The number of halogens is 5. The Morgan fingerprint density at radius 3 is 2.14 bits per heavy atom. The average Bonchev–Trinajstić information content (AvgIpc) is 2.64. The molecule has 0 amide bonds. The fourth-order valence-electron chi connectivity index (χ4n) is 3.38. The maximum absolute atomic E-state index is 15.5. The molecule has 0 radical (unpaired) electrons. The minimum absolute atomic E-state index is 0.00523. The third-order valence-electron chi connectivity index (χ3n) is 5.04. The zero-order valence-corrected chi connectivity index (χ0v) is 16.2. The van der Waals surface area contributed by atoms with E-state index < -0.39 is 34.5 Å². The Morgan fingerprint density at radius 2 is 1.54 bits per heavy atom. The lowest BCUT2D eigenvalue weighted by Crippen LogP contribution is -2.62. The van der Waals surface area contributed by atoms with Gasteiger partial charge in [-0.25, -0.2) is 22.0 Å². The fraction of sp³-hybridized carbons (Fsp3) is 0.350. The Morgan fingerprint density at radius 1 is 0.929 bits per heavy atom. The molecular weight excluding hydrogens is 397 g/mol. The molecule has 3 rings (SSSR count). The van der Waals surface area contributed by atoms with Crippen molar-refractivity contribution in [3.05, 3.63) is 59.4 Å². The molecule has 150 valence electrons. The van der Waals surface area contributed by atoms with Gasteiger partial charge in [-0.15, -0.1) is 0 Å². The van der Waals surface area contributed by atoms with Gasteiger partial charge in [0, 0.05) is 11.6 Å². The second-order valence-corrected chi connectivity index (χ2v) is 7.89. The van der Waals surface area contributed by atoms with Crippen LogP contribution in [-0.4, -0.2) is 23.1 Å². The molecule has 1 fully saturated rings. The number of alkyl halides is 2. The van der Waals surface area contributed by atoms with E-state index in [1.165, 1.54) is 19.9 Å². The lowest BCUT2D eigenvalue weighted by Gasteiger charge is -2.44. The molecule has 0 spiro atoms. The SMILES string of the molecule is CC1(C)OCC(=S)N[C@](C)(c2cc(-c3cc(F)cc(F)c3)ccc2F)C1(F)F. The molecule has 28 heavy (non-hydrogen) atoms. The number of hydrogen-bond donors (Lipinski definition) is 1. The fourth-order valence-corrected chi connectivity index (χ4v) is 3.64. The van der Waals surface area contributed by atoms with E-state index in [4.69, 9.17) is 17.0 Å². The van der Waals surface area contributed by atoms with Crippen LogP contribution in [0.2, 0.25) is 0 Å². The van der Waals surface area contributed by atoms with Crippen LogP contribution in [0.1, 0.15) is 26.3 Å². The van der Waals surface area contributed by atoms with Crippen LogP contribution in [-0.2, 0) is 10.3 Å². The zero-order valence-electron chi connectivity index (χ0n) is 15.4. The highest BCUT2D eigenvalue weighted by Gasteiger charge is 2.64. The quantitative estimate of drug-likeness (QED) is 0.528. The number of rotatable bonds is 2. The molecule has 1 N–H and O–H groups in total. The normalized spacial score (nSPS) is 23.8. The van der Waals surface area contributed by atoms with Gasteiger partial charge in [0.1, 0.15) is 33.6 Å². The summed E-state index contributed by atoms with van der Waals surface area (Å²) < 4.78 is 78.0. The standard InChI is InChI=1S/C20H18F5NOS/c1-18(2)20(24,25)19(3,26-17(28)10-27-18)15-8-11(4-5-16(15)23)12-6-13(21)9-14(22)7-12/h4-9H,10H2,1-3H3,(H,26,28)/t19-/m1/s1. The first kappa shape index (κ1) is 20.7. The minimum atomic E-state index is -3.59. The molecule has 2 nitrogen and oxygen atoms in total. The number of ether oxygens (including phenoxy) is 1. The molecular formula is C20H18F5NOS. The third kappa shape index (κ3) is 3.28. The number of nitrogens with one attached hydrogen (secondary N) is 1. The van der Waals surface area contributed by atoms with E-state index >= 15 is 8.78 Å². The Bertz CT molecular complexity index is 926. The molecule has 1 heterocycles. The van der Waals surface area contributed by atoms with Crippen LogP contribution in [0.25, 0.3) is 11.1 Å². The predicted molar refractivity (Wildman–Crippen MR) is 99.8 cm³/mol. The van der Waals surface area contributed by atoms with Gasteiger partial charge in [-0.1, -0.05) is 18.3 Å². The van der Waals surface area contributed by atoms with E-state index in [1.807, 2.05) is 0 Å². The highest BCUT2D eigenvalue weighted by Crippen LogP contribution is 2.48. The van der Waals surface area contributed by atoms with Gasteiger partial charge < -0.3 is 10.1 Å². The van der Waals surface area contributed by atoms with Crippen molar-refractivity contribution in [2.45, 2.75) is 37.8 Å². The summed E-state index contributed by atoms with van der Waals surface area (Å²) in [5, 5.41) is 2.53. The topological polar surface area (TPSA) is 21.3 Å². The van der Waals surface area contributed by atoms with Crippen molar-refractivity contribution in [2.75, 3.05) is 6.61 Å². The van der Waals surface area contributed by atoms with Crippen molar-refractivity contribution in [1.29, 1.82) is 0 Å². The first-order valence-corrected chi connectivity index (χ1v) is 8.87. The number of benzene rings is 2. The molecule has 0 saturated carbocycles. The summed E-state index contributed by atoms with van der Waals surface area (Å²) in [6.07, 6.45) is 0. The second-order valence-electron chi connectivity index (χ2n) is 7.40. The average molecular weight is 415 g/mol. The van der Waals surface area contributed by atoms with Gasteiger partial charge in [-0.3, -0.25) is 0 Å². The summed E-state index contributed by atoms with van der Waals surface area (Å²) in [7, 11) is 0. The maximum Gasteiger partial charge on any atom is 0.302 e. The molecule has 1 atom stereocenters. The molecule has 2 aromatic rings. The van der Waals surface area contributed by atoms with Gasteiger partial charge in [0.25, 0.3) is 0 Å². The highest BCUT2D eigenvalue weighted by atomic mass is 32.1. The largest absolute Gasteiger partial charge is 0.363 e. The predicted octanol–water partition coefficient (Wildman–Crippen LogP) is 5.35. The van der Waals surface area contributed by atoms with E-state index in [9.17, 15) is 13.2 Å². The molecule has 0 aromatic heterocycles. The molecule has 0 unspecified atom stereocenters. The first-order valence-electron chi connectivity index (χ1n) is 8.47. The van der Waals surface area contributed by atoms with Crippen LogP contribution in [0.4, 0.5) is 22.0 Å². The van der Waals surface area contributed by atoms with Crippen molar-refractivity contribution in [3.8, 4) is 11.1 Å². The Hall–Kier alpha value is -2.06. The zero-order chi connectivity index (χ0) is 20.9. The van der Waals surface area contributed by atoms with E-state index in [-0.39, 0.29) is 28.3 Å². The maximum atomic E-state index is 15.5. The summed E-state index contributed by atoms with van der Waals surface area (Å²) in [5.41, 5.74) is -4.32. The van der Waals surface area contributed by atoms with Crippen LogP contribution >= 0.6 is 12.2 Å². The van der Waals surface area contributed by atoms with Crippen molar-refractivity contribution in [2.24, 2.45) is 0 Å². The van der Waals surface area contributed by atoms with Crippen LogP contribution in [0.5, 0.6) is 0 Å². The van der Waals surface area contributed by atoms with Gasteiger partial charge in [-0.2, -0.15) is 0 Å². The summed E-state index contributed by atoms with van der Waals surface area (Å²) in [6.45, 7) is 3.28. The summed E-state index contributed by atoms with van der Waals surface area (Å²) >= 11 is 5.06. The summed E-state index contributed by atoms with van der Waals surface area (Å²) in [6, 6.07) is 6.17. The van der Waals surface area contributed by atoms with E-state index in [2.05, 4.69) is 5.32 Å². The van der Waals surface area contributed by atoms with Gasteiger partial charge in [-0.05, 0) is 56.2 Å². The third-order valence-corrected chi connectivity index (χ3v) is 5.26. The van der Waals surface area contributed by atoms with Crippen molar-refractivity contribution < 1.29 is 26.7 Å². The van der Waals surface area contributed by atoms with Crippen molar-refractivity contribution in [3.63, 3.8) is 0 Å². The lowest BCUT2D eigenvalue weighted by molar-refractivity contribution is -0.216. The Labute approximate surface area is 164 Å². The van der Waals surface area contributed by atoms with Gasteiger partial charge >= 0.3 is 5.92 Å². The van der Waals surface area contributed by atoms with Gasteiger partial charge in [0.2, 0.25) is 0 Å². The van der Waals surface area contributed by atoms with Crippen molar-refractivity contribution in [1.82, 2.24) is 5.32 Å². The van der Waals surface area contributed by atoms with Crippen molar-refractivity contribution >= 4 is 17.2 Å². The monoisotopic (exact) mass is 415 g/mol. The minimum Gasteiger partial charge on any atom is -0.363 e. The van der Waals surface area contributed by atoms with Crippen LogP contribution in [0, 0.1) is 17.5 Å². The Kier molecular flexibility index (Phi) is 5.00. The highest BCUT2D eigenvalue weighted by molar-refractivity contribution is 7.80. The van der Waals surface area contributed by atoms with E-state index in [1.54, 1.807) is 0 Å². The number of thiocarbonyl (C=S) groups is 1. The molecule has 0 aliphatic carbocycles. The second kappa shape index (κ2) is 6.77. The molecule has 1 saturated heterocycles. The smallest absolute Gasteiger partial charge is 0.302 e. The molecule has 0 bridgehead atoms. The molecule has 2 aromatic carbocycles.